The topological polar surface area (TPSA) is 56.8 Å². The van der Waals surface area contributed by atoms with E-state index in [0.717, 1.165) is 27.8 Å². The molecule has 0 aliphatic carbocycles. The number of fused-ring (bicyclic) bond motifs is 1. The van der Waals surface area contributed by atoms with E-state index in [9.17, 15) is 4.79 Å². The SMILES string of the molecule is COc1ccc(CNC(=O)C(C)Oc2ccc3ccc(OC)cc3c2)cc1. The van der Waals surface area contributed by atoms with Crippen molar-refractivity contribution >= 4 is 16.7 Å². The van der Waals surface area contributed by atoms with Crippen molar-refractivity contribution < 1.29 is 19.0 Å². The van der Waals surface area contributed by atoms with Gasteiger partial charge in [-0.15, -0.1) is 0 Å². The van der Waals surface area contributed by atoms with Gasteiger partial charge in [0.2, 0.25) is 0 Å². The van der Waals surface area contributed by atoms with Gasteiger partial charge in [0, 0.05) is 6.54 Å². The molecule has 0 aromatic heterocycles. The Balaban J connectivity index is 1.60. The van der Waals surface area contributed by atoms with E-state index in [-0.39, 0.29) is 5.91 Å². The Labute approximate surface area is 158 Å². The number of ether oxygens (including phenoxy) is 3. The average Bonchev–Trinajstić information content (AvgIpc) is 2.71. The number of rotatable bonds is 7. The molecule has 5 heteroatoms. The fourth-order valence-corrected chi connectivity index (χ4v) is 2.74. The van der Waals surface area contributed by atoms with Gasteiger partial charge in [0.15, 0.2) is 6.10 Å². The van der Waals surface area contributed by atoms with E-state index in [1.54, 1.807) is 21.1 Å². The van der Waals surface area contributed by atoms with Crippen LogP contribution >= 0.6 is 0 Å². The lowest BCUT2D eigenvalue weighted by molar-refractivity contribution is -0.127. The Bertz CT molecular complexity index is 921. The molecule has 0 saturated carbocycles. The second-order valence-electron chi connectivity index (χ2n) is 6.20. The standard InChI is InChI=1S/C22H23NO4/c1-15(22(24)23-14-16-4-8-19(25-2)9-5-16)27-21-11-7-17-6-10-20(26-3)12-18(17)13-21/h4-13,15H,14H2,1-3H3,(H,23,24). The summed E-state index contributed by atoms with van der Waals surface area (Å²) < 4.78 is 16.2. The highest BCUT2D eigenvalue weighted by atomic mass is 16.5. The number of hydrogen-bond donors (Lipinski definition) is 1. The van der Waals surface area contributed by atoms with E-state index in [2.05, 4.69) is 5.32 Å². The number of nitrogens with one attached hydrogen (secondary N) is 1. The molecule has 1 atom stereocenters. The summed E-state index contributed by atoms with van der Waals surface area (Å²) in [7, 11) is 3.26. The summed E-state index contributed by atoms with van der Waals surface area (Å²) in [6.45, 7) is 2.17. The van der Waals surface area contributed by atoms with E-state index >= 15 is 0 Å². The van der Waals surface area contributed by atoms with Crippen LogP contribution in [-0.4, -0.2) is 26.2 Å². The Morgan fingerprint density at radius 3 is 2.11 bits per heavy atom. The van der Waals surface area contributed by atoms with Crippen LogP contribution in [0.3, 0.4) is 0 Å². The van der Waals surface area contributed by atoms with Gasteiger partial charge in [-0.25, -0.2) is 0 Å². The Kier molecular flexibility index (Phi) is 5.81. The van der Waals surface area contributed by atoms with E-state index in [1.807, 2.05) is 60.7 Å². The first-order chi connectivity index (χ1) is 13.1. The van der Waals surface area contributed by atoms with Gasteiger partial charge in [-0.3, -0.25) is 4.79 Å². The van der Waals surface area contributed by atoms with E-state index in [4.69, 9.17) is 14.2 Å². The minimum absolute atomic E-state index is 0.170. The summed E-state index contributed by atoms with van der Waals surface area (Å²) in [5.41, 5.74) is 0.995. The molecule has 1 unspecified atom stereocenters. The van der Waals surface area contributed by atoms with Crippen LogP contribution < -0.4 is 19.5 Å². The van der Waals surface area contributed by atoms with Crippen molar-refractivity contribution in [1.82, 2.24) is 5.32 Å². The summed E-state index contributed by atoms with van der Waals surface area (Å²) in [6.07, 6.45) is -0.605. The van der Waals surface area contributed by atoms with Gasteiger partial charge in [0.25, 0.3) is 5.91 Å². The molecule has 3 aromatic carbocycles. The quantitative estimate of drug-likeness (QED) is 0.689. The number of hydrogen-bond acceptors (Lipinski definition) is 4. The number of carbonyl (C=O) groups excluding carboxylic acids is 1. The lowest BCUT2D eigenvalue weighted by Gasteiger charge is -2.15. The van der Waals surface area contributed by atoms with Gasteiger partial charge in [-0.2, -0.15) is 0 Å². The van der Waals surface area contributed by atoms with Crippen molar-refractivity contribution in [2.24, 2.45) is 0 Å². The summed E-state index contributed by atoms with van der Waals surface area (Å²) >= 11 is 0. The van der Waals surface area contributed by atoms with Crippen molar-refractivity contribution in [2.45, 2.75) is 19.6 Å². The second kappa shape index (κ2) is 8.45. The van der Waals surface area contributed by atoms with Gasteiger partial charge >= 0.3 is 0 Å². The monoisotopic (exact) mass is 365 g/mol. The molecule has 1 N–H and O–H groups in total. The minimum atomic E-state index is -0.605. The van der Waals surface area contributed by atoms with Crippen LogP contribution in [0.5, 0.6) is 17.2 Å². The summed E-state index contributed by atoms with van der Waals surface area (Å²) in [6, 6.07) is 19.1. The van der Waals surface area contributed by atoms with Crippen molar-refractivity contribution in [1.29, 1.82) is 0 Å². The van der Waals surface area contributed by atoms with Gasteiger partial charge in [0.05, 0.1) is 14.2 Å². The summed E-state index contributed by atoms with van der Waals surface area (Å²) in [4.78, 5) is 12.3. The molecule has 0 aliphatic heterocycles. The molecule has 0 fully saturated rings. The number of methoxy groups -OCH3 is 2. The lowest BCUT2D eigenvalue weighted by atomic mass is 10.1. The van der Waals surface area contributed by atoms with Crippen LogP contribution in [0.25, 0.3) is 10.8 Å². The lowest BCUT2D eigenvalue weighted by Crippen LogP contribution is -2.35. The van der Waals surface area contributed by atoms with Crippen LogP contribution in [0.4, 0.5) is 0 Å². The van der Waals surface area contributed by atoms with Crippen molar-refractivity contribution in [3.63, 3.8) is 0 Å². The molecule has 1 amide bonds. The molecule has 140 valence electrons. The van der Waals surface area contributed by atoms with Crippen LogP contribution in [0.15, 0.2) is 60.7 Å². The third-order valence-electron chi connectivity index (χ3n) is 4.33. The molecule has 0 heterocycles. The molecular formula is C22H23NO4. The van der Waals surface area contributed by atoms with Crippen molar-refractivity contribution in [3.05, 3.63) is 66.2 Å². The number of benzene rings is 3. The molecular weight excluding hydrogens is 342 g/mol. The molecule has 27 heavy (non-hydrogen) atoms. The second-order valence-corrected chi connectivity index (χ2v) is 6.20. The van der Waals surface area contributed by atoms with E-state index in [0.29, 0.717) is 12.3 Å². The first-order valence-corrected chi connectivity index (χ1v) is 8.74. The fraction of sp³-hybridized carbons (Fsp3) is 0.227. The Morgan fingerprint density at radius 1 is 0.852 bits per heavy atom. The first kappa shape index (κ1) is 18.6. The average molecular weight is 365 g/mol. The molecule has 0 aliphatic rings. The normalized spacial score (nSPS) is 11.7. The highest BCUT2D eigenvalue weighted by Crippen LogP contribution is 2.25. The van der Waals surface area contributed by atoms with Crippen LogP contribution in [0, 0.1) is 0 Å². The maximum absolute atomic E-state index is 12.3. The zero-order valence-corrected chi connectivity index (χ0v) is 15.7. The third kappa shape index (κ3) is 4.70. The summed E-state index contributed by atoms with van der Waals surface area (Å²) in [5.74, 6) is 2.04. The van der Waals surface area contributed by atoms with E-state index in [1.165, 1.54) is 0 Å². The largest absolute Gasteiger partial charge is 0.497 e. The smallest absolute Gasteiger partial charge is 0.261 e. The maximum Gasteiger partial charge on any atom is 0.261 e. The Morgan fingerprint density at radius 2 is 1.44 bits per heavy atom. The van der Waals surface area contributed by atoms with Crippen molar-refractivity contribution in [2.75, 3.05) is 14.2 Å². The molecule has 3 rings (SSSR count). The fourth-order valence-electron chi connectivity index (χ4n) is 2.74. The number of carbonyl (C=O) groups is 1. The third-order valence-corrected chi connectivity index (χ3v) is 4.33. The van der Waals surface area contributed by atoms with Gasteiger partial charge in [-0.05, 0) is 59.7 Å². The minimum Gasteiger partial charge on any atom is -0.497 e. The molecule has 0 spiro atoms. The van der Waals surface area contributed by atoms with Gasteiger partial charge < -0.3 is 19.5 Å². The maximum atomic E-state index is 12.3. The highest BCUT2D eigenvalue weighted by Gasteiger charge is 2.14. The molecule has 0 saturated heterocycles. The predicted molar refractivity (Wildman–Crippen MR) is 105 cm³/mol. The molecule has 0 radical (unpaired) electrons. The van der Waals surface area contributed by atoms with Gasteiger partial charge in [0.1, 0.15) is 17.2 Å². The van der Waals surface area contributed by atoms with Crippen molar-refractivity contribution in [3.8, 4) is 17.2 Å². The predicted octanol–water partition coefficient (Wildman–Crippen LogP) is 3.94. The summed E-state index contributed by atoms with van der Waals surface area (Å²) in [5, 5.41) is 4.97. The Hall–Kier alpha value is -3.21. The molecule has 3 aromatic rings. The zero-order valence-electron chi connectivity index (χ0n) is 15.7. The zero-order chi connectivity index (χ0) is 19.2. The number of amides is 1. The van der Waals surface area contributed by atoms with E-state index < -0.39 is 6.10 Å². The van der Waals surface area contributed by atoms with Crippen LogP contribution in [0.2, 0.25) is 0 Å². The van der Waals surface area contributed by atoms with Crippen LogP contribution in [0.1, 0.15) is 12.5 Å². The van der Waals surface area contributed by atoms with Crippen LogP contribution in [-0.2, 0) is 11.3 Å². The highest BCUT2D eigenvalue weighted by molar-refractivity contribution is 5.85. The molecule has 5 nitrogen and oxygen atoms in total. The molecule has 0 bridgehead atoms. The first-order valence-electron chi connectivity index (χ1n) is 8.74. The van der Waals surface area contributed by atoms with Gasteiger partial charge in [-0.1, -0.05) is 24.3 Å².